The molecule has 0 bridgehead atoms. The fraction of sp³-hybridized carbons (Fsp3) is 0.333. The van der Waals surface area contributed by atoms with E-state index >= 15 is 0 Å². The number of carboxylic acid groups (broad SMARTS) is 1. The Hall–Kier alpha value is -1.62. The third-order valence-electron chi connectivity index (χ3n) is 1.73. The van der Waals surface area contributed by atoms with Crippen LogP contribution in [0.4, 0.5) is 0 Å². The molecule has 1 amide bonds. The van der Waals surface area contributed by atoms with Gasteiger partial charge in [0.25, 0.3) is 5.91 Å². The summed E-state index contributed by atoms with van der Waals surface area (Å²) in [7, 11) is 0. The van der Waals surface area contributed by atoms with Gasteiger partial charge >= 0.3 is 5.97 Å². The van der Waals surface area contributed by atoms with E-state index in [0.29, 0.717) is 4.88 Å². The molecule has 4 nitrogen and oxygen atoms in total. The minimum absolute atomic E-state index is 0.141. The van der Waals surface area contributed by atoms with Gasteiger partial charge < -0.3 is 10.4 Å². The van der Waals surface area contributed by atoms with E-state index in [0.717, 1.165) is 11.0 Å². The Morgan fingerprint density at radius 3 is 2.53 bits per heavy atom. The molecule has 0 saturated heterocycles. The Labute approximate surface area is 104 Å². The lowest BCUT2D eigenvalue weighted by atomic mass is 10.1. The minimum Gasteiger partial charge on any atom is -0.478 e. The van der Waals surface area contributed by atoms with Crippen molar-refractivity contribution in [3.8, 4) is 0 Å². The summed E-state index contributed by atoms with van der Waals surface area (Å²) in [5.41, 5.74) is -0.280. The van der Waals surface area contributed by atoms with Gasteiger partial charge in [0.15, 0.2) is 0 Å². The topological polar surface area (TPSA) is 66.4 Å². The Balaban J connectivity index is 2.74. The lowest BCUT2D eigenvalue weighted by Gasteiger charge is -2.19. The first-order valence-electron chi connectivity index (χ1n) is 5.11. The summed E-state index contributed by atoms with van der Waals surface area (Å²) >= 11 is 1.26. The highest BCUT2D eigenvalue weighted by atomic mass is 32.1. The molecule has 1 aromatic rings. The molecule has 0 unspecified atom stereocenters. The predicted octanol–water partition coefficient (Wildman–Crippen LogP) is 2.37. The summed E-state index contributed by atoms with van der Waals surface area (Å²) < 4.78 is 0. The zero-order valence-electron chi connectivity index (χ0n) is 9.98. The molecule has 2 N–H and O–H groups in total. The van der Waals surface area contributed by atoms with Gasteiger partial charge in [-0.2, -0.15) is 0 Å². The van der Waals surface area contributed by atoms with Crippen molar-refractivity contribution in [3.05, 3.63) is 28.0 Å². The summed E-state index contributed by atoms with van der Waals surface area (Å²) in [4.78, 5) is 23.4. The molecule has 0 saturated carbocycles. The second-order valence-corrected chi connectivity index (χ2v) is 5.69. The fourth-order valence-electron chi connectivity index (χ4n) is 1.12. The highest BCUT2D eigenvalue weighted by Gasteiger charge is 2.16. The molecule has 0 radical (unpaired) electrons. The summed E-state index contributed by atoms with van der Waals surface area (Å²) in [5, 5.41) is 11.3. The van der Waals surface area contributed by atoms with Crippen LogP contribution in [-0.2, 0) is 4.79 Å². The van der Waals surface area contributed by atoms with Crippen LogP contribution in [0.3, 0.4) is 0 Å². The number of carbonyl (C=O) groups excluding carboxylic acids is 1. The van der Waals surface area contributed by atoms with Gasteiger partial charge in [0.05, 0.1) is 4.88 Å². The number of carbonyl (C=O) groups is 2. The van der Waals surface area contributed by atoms with E-state index in [4.69, 9.17) is 5.11 Å². The first-order chi connectivity index (χ1) is 7.78. The molecule has 1 heterocycles. The van der Waals surface area contributed by atoms with E-state index in [2.05, 4.69) is 5.32 Å². The van der Waals surface area contributed by atoms with Gasteiger partial charge in [-0.05, 0) is 39.0 Å². The summed E-state index contributed by atoms with van der Waals surface area (Å²) in [6, 6.07) is 3.41. The molecule has 0 spiro atoms. The van der Waals surface area contributed by atoms with Gasteiger partial charge in [0, 0.05) is 16.5 Å². The van der Waals surface area contributed by atoms with Crippen LogP contribution in [0.25, 0.3) is 6.08 Å². The summed E-state index contributed by atoms with van der Waals surface area (Å²) in [6.45, 7) is 5.72. The summed E-state index contributed by atoms with van der Waals surface area (Å²) in [5.74, 6) is -1.14. The Morgan fingerprint density at radius 1 is 1.35 bits per heavy atom. The molecule has 0 aliphatic heterocycles. The number of rotatable bonds is 3. The molecule has 5 heteroatoms. The van der Waals surface area contributed by atoms with Gasteiger partial charge in [-0.15, -0.1) is 11.3 Å². The van der Waals surface area contributed by atoms with Crippen molar-refractivity contribution in [2.45, 2.75) is 26.3 Å². The van der Waals surface area contributed by atoms with Crippen LogP contribution in [0.15, 0.2) is 18.2 Å². The normalized spacial score (nSPS) is 11.7. The summed E-state index contributed by atoms with van der Waals surface area (Å²) in [6.07, 6.45) is 2.53. The number of thiophene rings is 1. The molecule has 92 valence electrons. The van der Waals surface area contributed by atoms with E-state index in [-0.39, 0.29) is 11.4 Å². The molecule has 0 atom stereocenters. The SMILES string of the molecule is CC(C)(C)NC(=O)c1ccc(C=CC(=O)O)s1. The van der Waals surface area contributed by atoms with E-state index in [1.807, 2.05) is 20.8 Å². The number of nitrogens with one attached hydrogen (secondary N) is 1. The van der Waals surface area contributed by atoms with Crippen molar-refractivity contribution in [1.29, 1.82) is 0 Å². The molecule has 0 aliphatic rings. The number of aliphatic carboxylic acids is 1. The average Bonchev–Trinajstić information content (AvgIpc) is 2.60. The zero-order valence-corrected chi connectivity index (χ0v) is 10.8. The Kier molecular flexibility index (Phi) is 4.07. The first kappa shape index (κ1) is 13.4. The highest BCUT2D eigenvalue weighted by Crippen LogP contribution is 2.18. The van der Waals surface area contributed by atoms with E-state index < -0.39 is 5.97 Å². The molecule has 0 aromatic carbocycles. The molecule has 1 aromatic heterocycles. The monoisotopic (exact) mass is 253 g/mol. The highest BCUT2D eigenvalue weighted by molar-refractivity contribution is 7.14. The van der Waals surface area contributed by atoms with E-state index in [9.17, 15) is 9.59 Å². The van der Waals surface area contributed by atoms with Gasteiger partial charge in [-0.25, -0.2) is 4.79 Å². The molecule has 0 fully saturated rings. The van der Waals surface area contributed by atoms with Crippen LogP contribution in [0.2, 0.25) is 0 Å². The standard InChI is InChI=1S/C12H15NO3S/c1-12(2,3)13-11(16)9-6-4-8(17-9)5-7-10(14)15/h4-7H,1-3H3,(H,13,16)(H,14,15). The maximum Gasteiger partial charge on any atom is 0.328 e. The van der Waals surface area contributed by atoms with Crippen LogP contribution in [0.5, 0.6) is 0 Å². The van der Waals surface area contributed by atoms with Crippen molar-refractivity contribution in [1.82, 2.24) is 5.32 Å². The second-order valence-electron chi connectivity index (χ2n) is 4.58. The van der Waals surface area contributed by atoms with Gasteiger partial charge in [0.1, 0.15) is 0 Å². The van der Waals surface area contributed by atoms with Crippen LogP contribution in [-0.4, -0.2) is 22.5 Å². The van der Waals surface area contributed by atoms with E-state index in [1.165, 1.54) is 17.4 Å². The third-order valence-corrected chi connectivity index (χ3v) is 2.78. The Morgan fingerprint density at radius 2 is 2.00 bits per heavy atom. The van der Waals surface area contributed by atoms with Gasteiger partial charge in [-0.1, -0.05) is 0 Å². The fourth-order valence-corrected chi connectivity index (χ4v) is 1.93. The van der Waals surface area contributed by atoms with Crippen molar-refractivity contribution in [2.75, 3.05) is 0 Å². The van der Waals surface area contributed by atoms with Crippen LogP contribution >= 0.6 is 11.3 Å². The Bertz CT molecular complexity index is 455. The quantitative estimate of drug-likeness (QED) is 0.813. The zero-order chi connectivity index (χ0) is 13.1. The van der Waals surface area contributed by atoms with E-state index in [1.54, 1.807) is 12.1 Å². The second kappa shape index (κ2) is 5.14. The number of carboxylic acids is 1. The number of amides is 1. The van der Waals surface area contributed by atoms with Crippen LogP contribution < -0.4 is 5.32 Å². The maximum absolute atomic E-state index is 11.8. The van der Waals surface area contributed by atoms with Crippen molar-refractivity contribution < 1.29 is 14.7 Å². The third kappa shape index (κ3) is 4.82. The van der Waals surface area contributed by atoms with Crippen molar-refractivity contribution in [3.63, 3.8) is 0 Å². The molecule has 1 rings (SSSR count). The molecule has 0 aliphatic carbocycles. The first-order valence-corrected chi connectivity index (χ1v) is 5.93. The molecule has 17 heavy (non-hydrogen) atoms. The molecular weight excluding hydrogens is 238 g/mol. The van der Waals surface area contributed by atoms with Crippen molar-refractivity contribution in [2.24, 2.45) is 0 Å². The lowest BCUT2D eigenvalue weighted by Crippen LogP contribution is -2.40. The molecular formula is C12H15NO3S. The van der Waals surface area contributed by atoms with Gasteiger partial charge in [-0.3, -0.25) is 4.79 Å². The average molecular weight is 253 g/mol. The maximum atomic E-state index is 11.8. The van der Waals surface area contributed by atoms with Crippen LogP contribution in [0, 0.1) is 0 Å². The lowest BCUT2D eigenvalue weighted by molar-refractivity contribution is -0.131. The number of hydrogen-bond donors (Lipinski definition) is 2. The largest absolute Gasteiger partial charge is 0.478 e. The predicted molar refractivity (Wildman–Crippen MR) is 68.2 cm³/mol. The number of hydrogen-bond acceptors (Lipinski definition) is 3. The smallest absolute Gasteiger partial charge is 0.328 e. The minimum atomic E-state index is -1.00. The van der Waals surface area contributed by atoms with Gasteiger partial charge in [0.2, 0.25) is 0 Å². The van der Waals surface area contributed by atoms with Crippen LogP contribution in [0.1, 0.15) is 35.3 Å². The van der Waals surface area contributed by atoms with Crippen molar-refractivity contribution >= 4 is 29.3 Å².